The fourth-order valence-corrected chi connectivity index (χ4v) is 4.52. The molecule has 3 aromatic heterocycles. The van der Waals surface area contributed by atoms with Gasteiger partial charge in [-0.3, -0.25) is 9.20 Å². The summed E-state index contributed by atoms with van der Waals surface area (Å²) in [5, 5.41) is 9.21. The number of para-hydroxylation sites is 1. The van der Waals surface area contributed by atoms with E-state index in [1.54, 1.807) is 11.3 Å². The lowest BCUT2D eigenvalue weighted by Crippen LogP contribution is -2.03. The van der Waals surface area contributed by atoms with E-state index in [4.69, 9.17) is 0 Å². The lowest BCUT2D eigenvalue weighted by Gasteiger charge is -2.00. The maximum atomic E-state index is 12.4. The van der Waals surface area contributed by atoms with Gasteiger partial charge in [0.15, 0.2) is 10.9 Å². The average Bonchev–Trinajstić information content (AvgIpc) is 3.18. The third kappa shape index (κ3) is 2.46. The third-order valence-corrected chi connectivity index (χ3v) is 5.63. The number of fused-ring (bicyclic) bond motifs is 3. The Labute approximate surface area is 140 Å². The van der Waals surface area contributed by atoms with Crippen LogP contribution in [0.1, 0.15) is 21.7 Å². The highest BCUT2D eigenvalue weighted by Crippen LogP contribution is 2.29. The van der Waals surface area contributed by atoms with Crippen LogP contribution < -0.4 is 0 Å². The molecule has 0 spiro atoms. The molecular weight excluding hydrogens is 328 g/mol. The average molecular weight is 342 g/mol. The molecule has 0 aliphatic rings. The van der Waals surface area contributed by atoms with Crippen LogP contribution in [0.4, 0.5) is 0 Å². The number of Topliss-reactive ketones (excluding diaryl/α,β-unsaturated/α-hetero) is 1. The first-order valence-corrected chi connectivity index (χ1v) is 8.98. The van der Waals surface area contributed by atoms with Gasteiger partial charge in [-0.25, -0.2) is 0 Å². The largest absolute Gasteiger partial charge is 0.362 e. The van der Waals surface area contributed by atoms with Crippen LogP contribution in [-0.2, 0) is 0 Å². The summed E-state index contributed by atoms with van der Waals surface area (Å²) in [4.78, 5) is 16.4. The molecule has 4 rings (SSSR count). The number of nitrogens with zero attached hydrogens (tertiary/aromatic N) is 3. The van der Waals surface area contributed by atoms with Crippen LogP contribution in [0.3, 0.4) is 0 Å². The van der Waals surface area contributed by atoms with E-state index in [1.807, 2.05) is 42.5 Å². The summed E-state index contributed by atoms with van der Waals surface area (Å²) in [5.74, 6) is 0.455. The molecule has 0 fully saturated rings. The molecule has 1 aromatic carbocycles. The van der Waals surface area contributed by atoms with Crippen LogP contribution in [0.15, 0.2) is 35.5 Å². The Bertz CT molecular complexity index is 1030. The summed E-state index contributed by atoms with van der Waals surface area (Å²) >= 11 is 3.03. The molecule has 0 bridgehead atoms. The van der Waals surface area contributed by atoms with Gasteiger partial charge in [-0.1, -0.05) is 35.2 Å². The second kappa shape index (κ2) is 5.50. The van der Waals surface area contributed by atoms with Gasteiger partial charge in [0, 0.05) is 17.0 Å². The summed E-state index contributed by atoms with van der Waals surface area (Å²) in [7, 11) is 0. The molecule has 7 heteroatoms. The van der Waals surface area contributed by atoms with Gasteiger partial charge in [-0.2, -0.15) is 0 Å². The van der Waals surface area contributed by atoms with Gasteiger partial charge < -0.3 is 4.98 Å². The van der Waals surface area contributed by atoms with Gasteiger partial charge in [0.1, 0.15) is 0 Å². The van der Waals surface area contributed by atoms with Gasteiger partial charge in [0.2, 0.25) is 4.96 Å². The Kier molecular flexibility index (Phi) is 3.46. The number of aryl methyl sites for hydroxylation is 2. The number of thioether (sulfide) groups is 1. The second-order valence-electron chi connectivity index (χ2n) is 5.37. The quantitative estimate of drug-likeness (QED) is 0.452. The van der Waals surface area contributed by atoms with Crippen molar-refractivity contribution in [3.8, 4) is 0 Å². The summed E-state index contributed by atoms with van der Waals surface area (Å²) in [6.07, 6.45) is 0. The van der Waals surface area contributed by atoms with E-state index in [-0.39, 0.29) is 5.78 Å². The maximum Gasteiger partial charge on any atom is 0.217 e. The van der Waals surface area contributed by atoms with E-state index >= 15 is 0 Å². The molecule has 5 nitrogen and oxygen atoms in total. The van der Waals surface area contributed by atoms with Crippen LogP contribution in [0.5, 0.6) is 0 Å². The molecule has 0 saturated carbocycles. The molecule has 0 unspecified atom stereocenters. The highest BCUT2D eigenvalue weighted by atomic mass is 32.2. The number of nitrogens with one attached hydrogen (secondary N) is 1. The Hall–Kier alpha value is -2.12. The molecule has 23 heavy (non-hydrogen) atoms. The van der Waals surface area contributed by atoms with Crippen LogP contribution in [-0.4, -0.2) is 31.1 Å². The number of aromatic amines is 1. The zero-order chi connectivity index (χ0) is 16.0. The normalized spacial score (nSPS) is 11.6. The van der Waals surface area contributed by atoms with Gasteiger partial charge in [0.05, 0.1) is 16.0 Å². The highest BCUT2D eigenvalue weighted by Gasteiger charge is 2.16. The number of H-pyrrole nitrogens is 1. The minimum absolute atomic E-state index is 0.105. The molecular formula is C16H14N4OS2. The highest BCUT2D eigenvalue weighted by molar-refractivity contribution is 7.99. The SMILES string of the molecule is Cc1cc(C(=O)CSc2nnc3sc4ccccc4n23)c(C)[nH]1. The van der Waals surface area contributed by atoms with Crippen molar-refractivity contribution in [2.45, 2.75) is 19.0 Å². The number of benzene rings is 1. The van der Waals surface area contributed by atoms with E-state index in [2.05, 4.69) is 21.2 Å². The molecule has 0 amide bonds. The van der Waals surface area contributed by atoms with Crippen LogP contribution in [0.2, 0.25) is 0 Å². The summed E-state index contributed by atoms with van der Waals surface area (Å²) in [5.41, 5.74) is 3.76. The van der Waals surface area contributed by atoms with E-state index in [0.717, 1.165) is 32.6 Å². The Balaban J connectivity index is 1.63. The third-order valence-electron chi connectivity index (χ3n) is 3.69. The van der Waals surface area contributed by atoms with Crippen molar-refractivity contribution in [2.24, 2.45) is 0 Å². The van der Waals surface area contributed by atoms with Crippen molar-refractivity contribution >= 4 is 44.1 Å². The fraction of sp³-hybridized carbons (Fsp3) is 0.188. The summed E-state index contributed by atoms with van der Waals surface area (Å²) < 4.78 is 3.19. The number of hydrogen-bond donors (Lipinski definition) is 1. The Morgan fingerprint density at radius 3 is 2.91 bits per heavy atom. The number of rotatable bonds is 4. The predicted octanol–water partition coefficient (Wildman–Crippen LogP) is 3.86. The van der Waals surface area contributed by atoms with Crippen LogP contribution in [0, 0.1) is 13.8 Å². The van der Waals surface area contributed by atoms with E-state index < -0.39 is 0 Å². The molecule has 3 heterocycles. The zero-order valence-electron chi connectivity index (χ0n) is 12.7. The molecule has 0 saturated heterocycles. The van der Waals surface area contributed by atoms with Crippen molar-refractivity contribution in [2.75, 3.05) is 5.75 Å². The smallest absolute Gasteiger partial charge is 0.217 e. The van der Waals surface area contributed by atoms with Gasteiger partial charge >= 0.3 is 0 Å². The van der Waals surface area contributed by atoms with Crippen molar-refractivity contribution < 1.29 is 4.79 Å². The number of thiazole rings is 1. The number of carbonyl (C=O) groups excluding carboxylic acids is 1. The Morgan fingerprint density at radius 2 is 2.13 bits per heavy atom. The van der Waals surface area contributed by atoms with Crippen molar-refractivity contribution in [3.63, 3.8) is 0 Å². The van der Waals surface area contributed by atoms with E-state index in [1.165, 1.54) is 16.5 Å². The minimum Gasteiger partial charge on any atom is -0.362 e. The lowest BCUT2D eigenvalue weighted by atomic mass is 10.2. The number of hydrogen-bond acceptors (Lipinski definition) is 5. The number of aromatic nitrogens is 4. The molecule has 116 valence electrons. The maximum absolute atomic E-state index is 12.4. The Morgan fingerprint density at radius 1 is 1.30 bits per heavy atom. The molecule has 0 atom stereocenters. The number of carbonyl (C=O) groups is 1. The first kappa shape index (κ1) is 14.5. The standard InChI is InChI=1S/C16H14N4OS2/c1-9-7-11(10(2)17-9)13(21)8-22-15-18-19-16-20(15)12-5-3-4-6-14(12)23-16/h3-7,17H,8H2,1-2H3. The first-order chi connectivity index (χ1) is 11.1. The fourth-order valence-electron chi connectivity index (χ4n) is 2.67. The molecule has 1 N–H and O–H groups in total. The zero-order valence-corrected chi connectivity index (χ0v) is 14.3. The molecule has 4 aromatic rings. The number of ketones is 1. The predicted molar refractivity (Wildman–Crippen MR) is 93.7 cm³/mol. The monoisotopic (exact) mass is 342 g/mol. The van der Waals surface area contributed by atoms with E-state index in [9.17, 15) is 4.79 Å². The first-order valence-electron chi connectivity index (χ1n) is 7.18. The van der Waals surface area contributed by atoms with E-state index in [0.29, 0.717) is 5.75 Å². The van der Waals surface area contributed by atoms with Gasteiger partial charge in [-0.15, -0.1) is 10.2 Å². The molecule has 0 aliphatic heterocycles. The van der Waals surface area contributed by atoms with Gasteiger partial charge in [0.25, 0.3) is 0 Å². The molecule has 0 radical (unpaired) electrons. The second-order valence-corrected chi connectivity index (χ2v) is 7.32. The summed E-state index contributed by atoms with van der Waals surface area (Å²) in [6.45, 7) is 3.88. The van der Waals surface area contributed by atoms with Gasteiger partial charge in [-0.05, 0) is 32.0 Å². The van der Waals surface area contributed by atoms with Crippen molar-refractivity contribution in [3.05, 3.63) is 47.3 Å². The van der Waals surface area contributed by atoms with Crippen molar-refractivity contribution in [1.29, 1.82) is 0 Å². The lowest BCUT2D eigenvalue weighted by molar-refractivity contribution is 0.102. The van der Waals surface area contributed by atoms with Crippen LogP contribution in [0.25, 0.3) is 15.2 Å². The minimum atomic E-state index is 0.105. The summed E-state index contributed by atoms with van der Waals surface area (Å²) in [6, 6.07) is 10.0. The molecule has 0 aliphatic carbocycles. The van der Waals surface area contributed by atoms with Crippen molar-refractivity contribution in [1.82, 2.24) is 19.6 Å². The van der Waals surface area contributed by atoms with Crippen LogP contribution >= 0.6 is 23.1 Å². The topological polar surface area (TPSA) is 63.1 Å².